The molecule has 0 amide bonds. The number of hydrogen-bond donors (Lipinski definition) is 0. The van der Waals surface area contributed by atoms with Crippen molar-refractivity contribution in [2.24, 2.45) is 23.7 Å². The Morgan fingerprint density at radius 2 is 0.507 bits per heavy atom. The third-order valence-corrected chi connectivity index (χ3v) is 18.2. The maximum atomic E-state index is 4.11. The van der Waals surface area contributed by atoms with Crippen LogP contribution in [0.3, 0.4) is 0 Å². The molecule has 0 bridgehead atoms. The number of allylic oxidation sites excluding steroid dienone is 6. The molecule has 69 heavy (non-hydrogen) atoms. The van der Waals surface area contributed by atoms with Crippen LogP contribution in [0.4, 0.5) is 0 Å². The van der Waals surface area contributed by atoms with E-state index >= 15 is 0 Å². The average molecular weight is 1150 g/mol. The molecule has 0 saturated carbocycles. The van der Waals surface area contributed by atoms with Gasteiger partial charge in [-0.15, -0.1) is 11.5 Å². The standard InChI is InChI=1S/2C33H45Si.Pb.2H2/c2*1-19(2)29-27(31-23(7)14-21(5)15-24(31)8)18-28(30(20(3)4)33(29)34(11,12)13)32-25(9)16-22(6)17-26(32)10;;;/h2*14-17,19-20H,1-13H3;;2*1H. The van der Waals surface area contributed by atoms with Gasteiger partial charge >= 0.3 is 0 Å². The molecular formula is C66H94PbSi2. The van der Waals surface area contributed by atoms with E-state index in [0.29, 0.717) is 23.7 Å². The Hall–Kier alpha value is -3.24. The molecular weight excluding hydrogens is 1060 g/mol. The van der Waals surface area contributed by atoms with Crippen LogP contribution >= 0.6 is 0 Å². The Kier molecular flexibility index (Phi) is 18.8. The van der Waals surface area contributed by atoms with E-state index in [0.717, 1.165) is 0 Å². The minimum atomic E-state index is -1.69. The van der Waals surface area contributed by atoms with Crippen LogP contribution in [0.5, 0.6) is 0 Å². The van der Waals surface area contributed by atoms with Crippen LogP contribution in [0, 0.1) is 119 Å². The quantitative estimate of drug-likeness (QED) is 0.110. The second kappa shape index (κ2) is 22.3. The van der Waals surface area contributed by atoms with Crippen molar-refractivity contribution in [3.8, 4) is 0 Å². The second-order valence-corrected chi connectivity index (χ2v) is 34.4. The molecule has 0 aromatic heterocycles. The molecule has 0 saturated heterocycles. The summed E-state index contributed by atoms with van der Waals surface area (Å²) in [6, 6.07) is 18.7. The normalized spacial score (nSPS) is 15.2. The van der Waals surface area contributed by atoms with Crippen molar-refractivity contribution < 1.29 is 2.85 Å². The first kappa shape index (κ1) is 58.3. The molecule has 6 rings (SSSR count). The van der Waals surface area contributed by atoms with Gasteiger partial charge in [0.2, 0.25) is 0 Å². The van der Waals surface area contributed by atoms with Crippen LogP contribution in [-0.2, 0) is 0 Å². The number of rotatable bonds is 10. The first-order chi connectivity index (χ1) is 31.3. The zero-order chi connectivity index (χ0) is 51.4. The fourth-order valence-electron chi connectivity index (χ4n) is 12.3. The molecule has 6 radical (unpaired) electrons. The van der Waals surface area contributed by atoms with Crippen molar-refractivity contribution in [2.45, 2.75) is 178 Å². The summed E-state index contributed by atoms with van der Waals surface area (Å²) in [5, 5.41) is 3.31. The predicted molar refractivity (Wildman–Crippen MR) is 320 cm³/mol. The van der Waals surface area contributed by atoms with Gasteiger partial charge in [0.1, 0.15) is 0 Å². The number of benzene rings is 4. The Morgan fingerprint density at radius 3 is 0.667 bits per heavy atom. The van der Waals surface area contributed by atoms with E-state index in [9.17, 15) is 0 Å². The van der Waals surface area contributed by atoms with E-state index < -0.39 is 16.1 Å². The maximum absolute atomic E-state index is 4.11. The van der Waals surface area contributed by atoms with Crippen molar-refractivity contribution in [1.82, 2.24) is 0 Å². The van der Waals surface area contributed by atoms with Gasteiger partial charge in [0.25, 0.3) is 0 Å². The molecule has 3 heteroatoms. The largest absolute Gasteiger partial charge is 0.107 e. The molecule has 370 valence electrons. The topological polar surface area (TPSA) is 0 Å². The van der Waals surface area contributed by atoms with E-state index in [1.807, 2.05) is 0 Å². The van der Waals surface area contributed by atoms with E-state index in [1.165, 1.54) is 134 Å². The summed E-state index contributed by atoms with van der Waals surface area (Å²) < 4.78 is 0. The zero-order valence-corrected chi connectivity index (χ0v) is 54.3. The Morgan fingerprint density at radius 1 is 0.319 bits per heavy atom. The summed E-state index contributed by atoms with van der Waals surface area (Å²) in [5.74, 6) is 4.84. The fraction of sp³-hybridized carbons (Fsp3) is 0.455. The van der Waals surface area contributed by atoms with Crippen LogP contribution in [0.15, 0.2) is 81.5 Å². The van der Waals surface area contributed by atoms with Gasteiger partial charge in [-0.05, 0) is 185 Å². The first-order valence-corrected chi connectivity index (χ1v) is 32.9. The minimum Gasteiger partial charge on any atom is -0.107 e. The van der Waals surface area contributed by atoms with Crippen LogP contribution in [0.25, 0.3) is 22.3 Å². The van der Waals surface area contributed by atoms with Crippen molar-refractivity contribution in [3.63, 3.8) is 0 Å². The Balaban J connectivity index is 0.000000467. The van der Waals surface area contributed by atoms with Crippen molar-refractivity contribution in [2.75, 3.05) is 0 Å². The predicted octanol–water partition coefficient (Wildman–Crippen LogP) is 19.5. The van der Waals surface area contributed by atoms with Gasteiger partial charge < -0.3 is 0 Å². The first-order valence-electron chi connectivity index (χ1n) is 25.9. The molecule has 0 heterocycles. The molecule has 0 atom stereocenters. The second-order valence-electron chi connectivity index (χ2n) is 24.4. The van der Waals surface area contributed by atoms with Crippen LogP contribution in [0.1, 0.15) is 147 Å². The van der Waals surface area contributed by atoms with Crippen molar-refractivity contribution in [3.05, 3.63) is 182 Å². The van der Waals surface area contributed by atoms with Crippen LogP contribution in [0.2, 0.25) is 39.3 Å². The van der Waals surface area contributed by atoms with Gasteiger partial charge in [-0.3, -0.25) is 0 Å². The fourth-order valence-corrected chi connectivity index (χ4v) is 17.2. The van der Waals surface area contributed by atoms with E-state index in [1.54, 1.807) is 10.4 Å². The molecule has 0 fully saturated rings. The number of aryl methyl sites for hydroxylation is 12. The smallest absolute Gasteiger partial charge is 0.0741 e. The summed E-state index contributed by atoms with van der Waals surface area (Å²) in [7, 11) is -3.38. The van der Waals surface area contributed by atoms with Gasteiger partial charge in [0.05, 0.1) is 16.1 Å². The van der Waals surface area contributed by atoms with E-state index in [-0.39, 0.29) is 30.2 Å². The zero-order valence-electron chi connectivity index (χ0n) is 48.4. The number of hydrogen-bond acceptors (Lipinski definition) is 0. The molecule has 0 unspecified atom stereocenters. The molecule has 0 nitrogen and oxygen atoms in total. The minimum absolute atomic E-state index is 0. The average Bonchev–Trinajstić information content (AvgIpc) is 3.14. The molecule has 0 N–H and O–H groups in total. The van der Waals surface area contributed by atoms with Gasteiger partial charge in [-0.2, -0.15) is 0 Å². The SMILES string of the molecule is Cc1cc(C)c(C2=C=C(c3c(C)cc(C)cc3C)C(C(C)C)=C([Si](C)(C)C)[C]2C(C)C)c(C)c1.Cc1cc(C)c(C2=C=C(c3c(C)cc(C)cc3C)C(C(C)C)=C([Si](C)(C)C)[C]2C(C)C)c(C)c1.[HH].[HH].[Pb]. The van der Waals surface area contributed by atoms with Crippen LogP contribution in [-0.4, -0.2) is 43.4 Å². The van der Waals surface area contributed by atoms with E-state index in [4.69, 9.17) is 0 Å². The van der Waals surface area contributed by atoms with Gasteiger partial charge in [-0.1, -0.05) is 176 Å². The van der Waals surface area contributed by atoms with Gasteiger partial charge in [0.15, 0.2) is 0 Å². The van der Waals surface area contributed by atoms with Gasteiger partial charge in [-0.25, -0.2) is 0 Å². The molecule has 0 aliphatic heterocycles. The molecule has 2 aliphatic carbocycles. The summed E-state index contributed by atoms with van der Waals surface area (Å²) in [4.78, 5) is 0. The summed E-state index contributed by atoms with van der Waals surface area (Å²) in [6.07, 6.45) is 0. The summed E-state index contributed by atoms with van der Waals surface area (Å²) >= 11 is 0. The molecule has 0 spiro atoms. The maximum Gasteiger partial charge on any atom is 0.0741 e. The van der Waals surface area contributed by atoms with Crippen molar-refractivity contribution in [1.29, 1.82) is 0 Å². The Labute approximate surface area is 449 Å². The van der Waals surface area contributed by atoms with Gasteiger partial charge in [0, 0.05) is 64.3 Å². The summed E-state index contributed by atoms with van der Waals surface area (Å²) in [6.45, 7) is 61.2. The Bertz CT molecular complexity index is 2560. The monoisotopic (exact) mass is 1150 g/mol. The summed E-state index contributed by atoms with van der Waals surface area (Å²) in [5.41, 5.74) is 38.4. The van der Waals surface area contributed by atoms with Crippen molar-refractivity contribution >= 4 is 65.7 Å². The molecule has 4 aromatic rings. The van der Waals surface area contributed by atoms with Crippen LogP contribution < -0.4 is 0 Å². The third kappa shape index (κ3) is 12.2. The third-order valence-electron chi connectivity index (χ3n) is 14.2. The molecule has 2 aliphatic rings. The molecule has 4 aromatic carbocycles. The van der Waals surface area contributed by atoms with E-state index in [2.05, 4.69) is 238 Å².